The molecule has 5 N–H and O–H groups in total. The zero-order valence-electron chi connectivity index (χ0n) is 38.8. The van der Waals surface area contributed by atoms with E-state index in [4.69, 9.17) is 19.2 Å². The Morgan fingerprint density at radius 1 is 0.986 bits per heavy atom. The van der Waals surface area contributed by atoms with Crippen LogP contribution in [-0.4, -0.2) is 98.6 Å². The Labute approximate surface area is 399 Å². The van der Waals surface area contributed by atoms with E-state index in [0.29, 0.717) is 81.6 Å². The maximum atomic E-state index is 16.2. The van der Waals surface area contributed by atoms with Crippen LogP contribution in [0.5, 0.6) is 0 Å². The molecule has 0 bridgehead atoms. The molecule has 1 saturated heterocycles. The summed E-state index contributed by atoms with van der Waals surface area (Å²) in [5, 5.41) is 11.2. The molecule has 1 unspecified atom stereocenters. The van der Waals surface area contributed by atoms with Gasteiger partial charge in [0.2, 0.25) is 17.7 Å². The van der Waals surface area contributed by atoms with Crippen LogP contribution in [0.25, 0.3) is 44.5 Å². The van der Waals surface area contributed by atoms with Gasteiger partial charge in [0, 0.05) is 61.0 Å². The summed E-state index contributed by atoms with van der Waals surface area (Å²) < 4.78 is 36.0. The van der Waals surface area contributed by atoms with Gasteiger partial charge < -0.3 is 40.0 Å². The first-order valence-electron chi connectivity index (χ1n) is 23.1. The number of carbonyl (C=O) groups is 6. The number of imidazole rings is 1. The smallest absolute Gasteiger partial charge is 0.407 e. The fourth-order valence-corrected chi connectivity index (χ4v) is 10.4. The lowest BCUT2D eigenvalue weighted by Gasteiger charge is -2.29. The summed E-state index contributed by atoms with van der Waals surface area (Å²) >= 11 is 0. The third kappa shape index (κ3) is 8.25. The first-order chi connectivity index (χ1) is 33.6. The minimum atomic E-state index is -0.787. The van der Waals surface area contributed by atoms with Crippen LogP contribution in [0.4, 0.5) is 14.9 Å². The summed E-state index contributed by atoms with van der Waals surface area (Å²) in [6, 6.07) is 14.0. The summed E-state index contributed by atoms with van der Waals surface area (Å²) in [5.41, 5.74) is 6.66. The van der Waals surface area contributed by atoms with Crippen LogP contribution in [0.1, 0.15) is 89.4 Å². The van der Waals surface area contributed by atoms with Crippen molar-refractivity contribution in [3.05, 3.63) is 105 Å². The van der Waals surface area contributed by atoms with E-state index in [9.17, 15) is 33.6 Å². The summed E-state index contributed by atoms with van der Waals surface area (Å²) in [4.78, 5) is 98.9. The molecular weight excluding hydrogens is 906 g/mol. The minimum absolute atomic E-state index is 0.0314. The maximum Gasteiger partial charge on any atom is 0.407 e. The molecule has 70 heavy (non-hydrogen) atoms. The van der Waals surface area contributed by atoms with Gasteiger partial charge in [0.05, 0.1) is 59.8 Å². The van der Waals surface area contributed by atoms with Crippen LogP contribution in [0.15, 0.2) is 65.6 Å². The van der Waals surface area contributed by atoms with E-state index < -0.39 is 41.3 Å². The lowest BCUT2D eigenvalue weighted by atomic mass is 9.91. The van der Waals surface area contributed by atoms with Crippen molar-refractivity contribution < 1.29 is 47.4 Å². The largest absolute Gasteiger partial charge is 0.453 e. The zero-order chi connectivity index (χ0) is 49.2. The van der Waals surface area contributed by atoms with Crippen molar-refractivity contribution >= 4 is 63.4 Å². The molecule has 3 aliphatic heterocycles. The zero-order valence-corrected chi connectivity index (χ0v) is 38.8. The minimum Gasteiger partial charge on any atom is -0.453 e. The first kappa shape index (κ1) is 46.0. The fourth-order valence-electron chi connectivity index (χ4n) is 10.4. The molecule has 19 nitrogen and oxygen atoms in total. The van der Waals surface area contributed by atoms with Gasteiger partial charge >= 0.3 is 11.8 Å². The lowest BCUT2D eigenvalue weighted by Crippen LogP contribution is -2.52. The molecule has 362 valence electrons. The highest BCUT2D eigenvalue weighted by Gasteiger charge is 2.40. The van der Waals surface area contributed by atoms with Gasteiger partial charge in [-0.25, -0.2) is 19.0 Å². The molecule has 3 atom stereocenters. The number of hydrogen-bond acceptors (Lipinski definition) is 11. The second kappa shape index (κ2) is 18.0. The molecule has 1 saturated carbocycles. The predicted molar refractivity (Wildman–Crippen MR) is 252 cm³/mol. The Balaban J connectivity index is 0.846. The molecule has 4 aliphatic rings. The predicted octanol–water partition coefficient (Wildman–Crippen LogP) is 5.05. The van der Waals surface area contributed by atoms with Gasteiger partial charge in [-0.3, -0.25) is 38.4 Å². The molecule has 6 heterocycles. The molecule has 3 aromatic heterocycles. The van der Waals surface area contributed by atoms with E-state index in [1.807, 2.05) is 32.0 Å². The lowest BCUT2D eigenvalue weighted by molar-refractivity contribution is -0.137. The summed E-state index contributed by atoms with van der Waals surface area (Å²) in [7, 11) is 3.01. The summed E-state index contributed by atoms with van der Waals surface area (Å²) in [6.07, 6.45) is 3.25. The van der Waals surface area contributed by atoms with Gasteiger partial charge in [-0.1, -0.05) is 18.2 Å². The number of alkyl carbamates (subject to hydrolysis) is 1. The molecule has 1 aliphatic carbocycles. The molecule has 2 fully saturated rings. The summed E-state index contributed by atoms with van der Waals surface area (Å²) in [6.45, 7) is 4.11. The maximum absolute atomic E-state index is 16.2. The third-order valence-corrected chi connectivity index (χ3v) is 13.9. The molecule has 6 aromatic rings. The third-order valence-electron chi connectivity index (χ3n) is 13.9. The Kier molecular flexibility index (Phi) is 11.8. The van der Waals surface area contributed by atoms with Crippen molar-refractivity contribution in [2.24, 2.45) is 7.05 Å². The van der Waals surface area contributed by atoms with Crippen LogP contribution in [0, 0.1) is 5.82 Å². The highest BCUT2D eigenvalue weighted by atomic mass is 19.1. The normalized spacial score (nSPS) is 19.4. The second-order valence-electron chi connectivity index (χ2n) is 18.6. The average molecular weight is 956 g/mol. The number of aryl methyl sites for hydroxylation is 1. The van der Waals surface area contributed by atoms with Crippen LogP contribution >= 0.6 is 0 Å². The highest BCUT2D eigenvalue weighted by molar-refractivity contribution is 6.14. The van der Waals surface area contributed by atoms with Crippen molar-refractivity contribution in [1.82, 2.24) is 40.0 Å². The number of carbonyl (C=O) groups excluding carboxylic acids is 6. The standard InChI is InChI=1S/C50H50FN9O10/c1-50(2)34-12-6-25(17-28(34)23-70-50)40-41-43-37(58(3)49(67)60(43)31-9-7-30(20-31)55-48(66)68-4)21-53-44(41)57-42(40)26-5-10-33(35(51)19-26)45(63)52-15-16-69-24-39(62)54-29-8-11-32-27(18-29)22-59(47(32)65)36-13-14-38(61)56-46(36)64/h5-6,8,10-12,17-19,21,30-31,36H,7,9,13-16,20,22-24H2,1-4H3,(H,52,63)(H,53,57)(H,54,62)(H,55,66)(H,56,61,64)/t30-,31-,36?/m1/s1. The Bertz CT molecular complexity index is 3260. The van der Waals surface area contributed by atoms with Crippen LogP contribution in [-0.2, 0) is 54.4 Å². The van der Waals surface area contributed by atoms with Crippen molar-refractivity contribution in [2.75, 3.05) is 32.2 Å². The molecule has 0 spiro atoms. The van der Waals surface area contributed by atoms with Crippen LogP contribution < -0.4 is 27.0 Å². The fraction of sp³-hybridized carbons (Fsp3) is 0.360. The molecule has 3 aromatic carbocycles. The van der Waals surface area contributed by atoms with E-state index in [-0.39, 0.29) is 74.3 Å². The number of rotatable bonds is 12. The van der Waals surface area contributed by atoms with E-state index in [2.05, 4.69) is 26.3 Å². The second-order valence-corrected chi connectivity index (χ2v) is 18.6. The van der Waals surface area contributed by atoms with E-state index in [0.717, 1.165) is 16.7 Å². The van der Waals surface area contributed by atoms with Gasteiger partial charge in [0.1, 0.15) is 24.1 Å². The number of nitrogens with one attached hydrogen (secondary N) is 5. The number of anilines is 1. The van der Waals surface area contributed by atoms with E-state index in [1.54, 1.807) is 46.6 Å². The van der Waals surface area contributed by atoms with Crippen molar-refractivity contribution in [1.29, 1.82) is 0 Å². The number of piperidine rings is 1. The number of amides is 6. The van der Waals surface area contributed by atoms with Crippen molar-refractivity contribution in [3.63, 3.8) is 0 Å². The number of H-pyrrole nitrogens is 1. The Hall–Kier alpha value is -7.71. The van der Waals surface area contributed by atoms with Gasteiger partial charge in [0.25, 0.3) is 11.8 Å². The molecule has 6 amide bonds. The SMILES string of the molecule is COC(=O)N[C@@H]1CC[C@@H](n2c(=O)n(C)c3cnc4[nH]c(-c5ccc(C(=O)NCCOCC(=O)Nc6ccc7c(c6)CN(C6CCC(=O)NC6=O)C7=O)c(F)c5)c(-c5ccc6c(c5)COC6(C)C)c4c32)C1. The first-order valence-corrected chi connectivity index (χ1v) is 23.1. The van der Waals surface area contributed by atoms with Gasteiger partial charge in [-0.2, -0.15) is 0 Å². The van der Waals surface area contributed by atoms with Gasteiger partial charge in [0.15, 0.2) is 0 Å². The van der Waals surface area contributed by atoms with Gasteiger partial charge in [-0.15, -0.1) is 0 Å². The number of aromatic amines is 1. The van der Waals surface area contributed by atoms with Crippen LogP contribution in [0.2, 0.25) is 0 Å². The number of halogens is 1. The number of aromatic nitrogens is 4. The number of benzene rings is 3. The van der Waals surface area contributed by atoms with Crippen LogP contribution in [0.3, 0.4) is 0 Å². The van der Waals surface area contributed by atoms with E-state index >= 15 is 4.39 Å². The number of pyridine rings is 1. The number of imide groups is 1. The average Bonchev–Trinajstić information content (AvgIpc) is 4.15. The Morgan fingerprint density at radius 3 is 2.59 bits per heavy atom. The summed E-state index contributed by atoms with van der Waals surface area (Å²) in [5.74, 6) is -3.18. The quantitative estimate of drug-likeness (QED) is 0.0804. The van der Waals surface area contributed by atoms with Crippen molar-refractivity contribution in [3.8, 4) is 22.4 Å². The Morgan fingerprint density at radius 2 is 1.80 bits per heavy atom. The highest BCUT2D eigenvalue weighted by Crippen LogP contribution is 2.45. The molecule has 20 heteroatoms. The molecule has 0 radical (unpaired) electrons. The monoisotopic (exact) mass is 955 g/mol. The number of nitrogens with zero attached hydrogens (tertiary/aromatic N) is 4. The number of fused-ring (bicyclic) bond motifs is 5. The molecule has 10 rings (SSSR count). The van der Waals surface area contributed by atoms with E-state index in [1.165, 1.54) is 24.1 Å². The number of hydrogen-bond donors (Lipinski definition) is 5. The molecular formula is C50H50FN9O10. The number of ether oxygens (including phenoxy) is 3. The van der Waals surface area contributed by atoms with Gasteiger partial charge in [-0.05, 0) is 98.2 Å². The van der Waals surface area contributed by atoms with Crippen molar-refractivity contribution in [2.45, 2.75) is 82.8 Å². The number of methoxy groups -OCH3 is 1. The topological polar surface area (TPSA) is 237 Å².